The van der Waals surface area contributed by atoms with Gasteiger partial charge in [0.1, 0.15) is 5.75 Å². The predicted molar refractivity (Wildman–Crippen MR) is 75.1 cm³/mol. The zero-order valence-electron chi connectivity index (χ0n) is 10.7. The fraction of sp³-hybridized carbons (Fsp3) is 0.357. The first-order chi connectivity index (χ1) is 8.69. The van der Waals surface area contributed by atoms with Gasteiger partial charge >= 0.3 is 0 Å². The van der Waals surface area contributed by atoms with Gasteiger partial charge in [-0.25, -0.2) is 4.98 Å². The van der Waals surface area contributed by atoms with Crippen LogP contribution in [0.3, 0.4) is 0 Å². The topological polar surface area (TPSA) is 48.1 Å². The number of nitrogens with two attached hydrogens (primary N) is 1. The largest absolute Gasteiger partial charge is 0.494 e. The number of hydrogen-bond acceptors (Lipinski definition) is 4. The second-order valence-corrected chi connectivity index (χ2v) is 5.14. The van der Waals surface area contributed by atoms with Crippen LogP contribution in [0, 0.1) is 6.92 Å². The number of thiazole rings is 1. The van der Waals surface area contributed by atoms with Crippen molar-refractivity contribution in [3.63, 3.8) is 0 Å². The molecule has 0 aliphatic rings. The van der Waals surface area contributed by atoms with Crippen LogP contribution in [0.25, 0.3) is 0 Å². The van der Waals surface area contributed by atoms with Crippen molar-refractivity contribution < 1.29 is 4.74 Å². The lowest BCUT2D eigenvalue weighted by molar-refractivity contribution is 0.340. The maximum absolute atomic E-state index is 6.19. The second kappa shape index (κ2) is 5.98. The van der Waals surface area contributed by atoms with Crippen molar-refractivity contribution in [2.45, 2.75) is 26.3 Å². The average Bonchev–Trinajstić information content (AvgIpc) is 2.76. The van der Waals surface area contributed by atoms with Crippen molar-refractivity contribution in [2.75, 3.05) is 6.61 Å². The maximum atomic E-state index is 6.19. The molecule has 18 heavy (non-hydrogen) atoms. The fourth-order valence-corrected chi connectivity index (χ4v) is 2.61. The van der Waals surface area contributed by atoms with Crippen molar-refractivity contribution in [3.8, 4) is 5.75 Å². The molecule has 0 fully saturated rings. The Kier molecular flexibility index (Phi) is 4.33. The summed E-state index contributed by atoms with van der Waals surface area (Å²) < 4.78 is 5.41. The Morgan fingerprint density at radius 3 is 2.61 bits per heavy atom. The molecule has 0 radical (unpaired) electrons. The van der Waals surface area contributed by atoms with Gasteiger partial charge in [0.05, 0.1) is 11.6 Å². The van der Waals surface area contributed by atoms with Crippen molar-refractivity contribution in [3.05, 3.63) is 45.9 Å². The quantitative estimate of drug-likeness (QED) is 0.900. The predicted octanol–water partition coefficient (Wildman–Crippen LogP) is 3.09. The third-order valence-corrected chi connectivity index (χ3v) is 3.67. The van der Waals surface area contributed by atoms with Gasteiger partial charge in [0, 0.05) is 23.5 Å². The van der Waals surface area contributed by atoms with Crippen molar-refractivity contribution in [1.29, 1.82) is 0 Å². The Bertz CT molecular complexity index is 493. The SMILES string of the molecule is CCOc1ccc(C(N)Cc2nc(C)cs2)cc1. The summed E-state index contributed by atoms with van der Waals surface area (Å²) in [4.78, 5) is 4.44. The van der Waals surface area contributed by atoms with Crippen LogP contribution in [-0.2, 0) is 6.42 Å². The molecule has 1 heterocycles. The van der Waals surface area contributed by atoms with Crippen LogP contribution in [0.4, 0.5) is 0 Å². The molecule has 2 rings (SSSR count). The van der Waals surface area contributed by atoms with E-state index in [0.717, 1.165) is 28.4 Å². The van der Waals surface area contributed by atoms with Gasteiger partial charge < -0.3 is 10.5 Å². The summed E-state index contributed by atoms with van der Waals surface area (Å²) in [7, 11) is 0. The molecule has 1 aromatic heterocycles. The normalized spacial score (nSPS) is 12.4. The minimum atomic E-state index is -0.00812. The minimum Gasteiger partial charge on any atom is -0.494 e. The highest BCUT2D eigenvalue weighted by atomic mass is 32.1. The van der Waals surface area contributed by atoms with E-state index in [1.807, 2.05) is 38.1 Å². The smallest absolute Gasteiger partial charge is 0.119 e. The zero-order valence-corrected chi connectivity index (χ0v) is 11.5. The number of aromatic nitrogens is 1. The molecule has 1 atom stereocenters. The molecule has 0 saturated heterocycles. The van der Waals surface area contributed by atoms with E-state index in [1.54, 1.807) is 11.3 Å². The molecule has 0 saturated carbocycles. The van der Waals surface area contributed by atoms with E-state index >= 15 is 0 Å². The standard InChI is InChI=1S/C14H18N2OS/c1-3-17-12-6-4-11(5-7-12)13(15)8-14-16-10(2)9-18-14/h4-7,9,13H,3,8,15H2,1-2H3. The average molecular weight is 262 g/mol. The van der Waals surface area contributed by atoms with Crippen LogP contribution in [0.2, 0.25) is 0 Å². The molecule has 96 valence electrons. The molecular weight excluding hydrogens is 244 g/mol. The lowest BCUT2D eigenvalue weighted by Gasteiger charge is -2.11. The first-order valence-electron chi connectivity index (χ1n) is 6.08. The van der Waals surface area contributed by atoms with Gasteiger partial charge in [-0.05, 0) is 31.5 Å². The lowest BCUT2D eigenvalue weighted by atomic mass is 10.1. The number of hydrogen-bond donors (Lipinski definition) is 1. The molecule has 0 aliphatic carbocycles. The van der Waals surface area contributed by atoms with Crippen molar-refractivity contribution in [2.24, 2.45) is 5.73 Å². The van der Waals surface area contributed by atoms with Crippen LogP contribution < -0.4 is 10.5 Å². The molecule has 0 amide bonds. The van der Waals surface area contributed by atoms with Crippen molar-refractivity contribution >= 4 is 11.3 Å². The molecule has 3 nitrogen and oxygen atoms in total. The number of rotatable bonds is 5. The molecule has 0 bridgehead atoms. The monoisotopic (exact) mass is 262 g/mol. The summed E-state index contributed by atoms with van der Waals surface area (Å²) in [6.45, 7) is 4.66. The Balaban J connectivity index is 2.02. The maximum Gasteiger partial charge on any atom is 0.119 e. The molecular formula is C14H18N2OS. The Hall–Kier alpha value is -1.39. The summed E-state index contributed by atoms with van der Waals surface area (Å²) in [6, 6.07) is 7.97. The van der Waals surface area contributed by atoms with Crippen LogP contribution in [-0.4, -0.2) is 11.6 Å². The van der Waals surface area contributed by atoms with E-state index in [1.165, 1.54) is 0 Å². The summed E-state index contributed by atoms with van der Waals surface area (Å²) in [5.74, 6) is 0.888. The molecule has 4 heteroatoms. The minimum absolute atomic E-state index is 0.00812. The summed E-state index contributed by atoms with van der Waals surface area (Å²) in [5.41, 5.74) is 8.37. The van der Waals surface area contributed by atoms with E-state index in [-0.39, 0.29) is 6.04 Å². The number of benzene rings is 1. The molecule has 1 aromatic carbocycles. The second-order valence-electron chi connectivity index (χ2n) is 4.20. The number of ether oxygens (including phenoxy) is 1. The van der Waals surface area contributed by atoms with Gasteiger partial charge in [-0.3, -0.25) is 0 Å². The molecule has 2 aromatic rings. The Morgan fingerprint density at radius 1 is 1.33 bits per heavy atom. The van der Waals surface area contributed by atoms with Crippen LogP contribution in [0.1, 0.15) is 29.2 Å². The van der Waals surface area contributed by atoms with Gasteiger partial charge in [0.2, 0.25) is 0 Å². The highest BCUT2D eigenvalue weighted by Crippen LogP contribution is 2.21. The summed E-state index contributed by atoms with van der Waals surface area (Å²) >= 11 is 1.67. The van der Waals surface area contributed by atoms with E-state index in [9.17, 15) is 0 Å². The first-order valence-corrected chi connectivity index (χ1v) is 6.96. The van der Waals surface area contributed by atoms with Crippen LogP contribution >= 0.6 is 11.3 Å². The van der Waals surface area contributed by atoms with Crippen LogP contribution in [0.5, 0.6) is 5.75 Å². The van der Waals surface area contributed by atoms with E-state index in [2.05, 4.69) is 10.4 Å². The molecule has 0 aliphatic heterocycles. The number of nitrogens with zero attached hydrogens (tertiary/aromatic N) is 1. The molecule has 0 spiro atoms. The highest BCUT2D eigenvalue weighted by Gasteiger charge is 2.09. The van der Waals surface area contributed by atoms with E-state index in [4.69, 9.17) is 10.5 Å². The van der Waals surface area contributed by atoms with Gasteiger partial charge in [-0.15, -0.1) is 11.3 Å². The zero-order chi connectivity index (χ0) is 13.0. The Labute approximate surface area is 112 Å². The van der Waals surface area contributed by atoms with Crippen molar-refractivity contribution in [1.82, 2.24) is 4.98 Å². The lowest BCUT2D eigenvalue weighted by Crippen LogP contribution is -2.13. The van der Waals surface area contributed by atoms with Gasteiger partial charge in [0.15, 0.2) is 0 Å². The number of aryl methyl sites for hydroxylation is 1. The highest BCUT2D eigenvalue weighted by molar-refractivity contribution is 7.09. The van der Waals surface area contributed by atoms with Gasteiger partial charge in [-0.2, -0.15) is 0 Å². The molecule has 2 N–H and O–H groups in total. The fourth-order valence-electron chi connectivity index (χ4n) is 1.78. The summed E-state index contributed by atoms with van der Waals surface area (Å²) in [5, 5.41) is 3.15. The van der Waals surface area contributed by atoms with E-state index in [0.29, 0.717) is 6.61 Å². The third-order valence-electron chi connectivity index (χ3n) is 2.68. The first kappa shape index (κ1) is 13.1. The van der Waals surface area contributed by atoms with Gasteiger partial charge in [-0.1, -0.05) is 12.1 Å². The summed E-state index contributed by atoms with van der Waals surface area (Å²) in [6.07, 6.45) is 0.784. The molecule has 1 unspecified atom stereocenters. The van der Waals surface area contributed by atoms with E-state index < -0.39 is 0 Å². The van der Waals surface area contributed by atoms with Crippen LogP contribution in [0.15, 0.2) is 29.6 Å². The van der Waals surface area contributed by atoms with Gasteiger partial charge in [0.25, 0.3) is 0 Å². The Morgan fingerprint density at radius 2 is 2.06 bits per heavy atom. The third kappa shape index (κ3) is 3.31.